The first kappa shape index (κ1) is 22.2. The van der Waals surface area contributed by atoms with Crippen LogP contribution in [0.5, 0.6) is 0 Å². The summed E-state index contributed by atoms with van der Waals surface area (Å²) in [5, 5.41) is 0.375. The van der Waals surface area contributed by atoms with Crippen molar-refractivity contribution >= 4 is 38.3 Å². The summed E-state index contributed by atoms with van der Waals surface area (Å²) in [7, 11) is -3.70. The number of nitrogens with one attached hydrogen (secondary N) is 1. The molecular weight excluding hydrogens is 466 g/mol. The maximum atomic E-state index is 12.6. The van der Waals surface area contributed by atoms with Crippen LogP contribution in [0.25, 0.3) is 16.7 Å². The minimum absolute atomic E-state index is 0.129. The monoisotopic (exact) mass is 487 g/mol. The van der Waals surface area contributed by atoms with E-state index < -0.39 is 10.0 Å². The maximum Gasteiger partial charge on any atom is 0.261 e. The van der Waals surface area contributed by atoms with Gasteiger partial charge >= 0.3 is 0 Å². The minimum atomic E-state index is -3.70. The van der Waals surface area contributed by atoms with E-state index in [2.05, 4.69) is 27.5 Å². The van der Waals surface area contributed by atoms with Gasteiger partial charge in [-0.2, -0.15) is 0 Å². The van der Waals surface area contributed by atoms with Gasteiger partial charge in [0, 0.05) is 22.8 Å². The molecule has 0 fully saturated rings. The van der Waals surface area contributed by atoms with Crippen molar-refractivity contribution in [3.63, 3.8) is 0 Å². The summed E-state index contributed by atoms with van der Waals surface area (Å²) in [6.45, 7) is 0. The molecule has 0 radical (unpaired) electrons. The Labute approximate surface area is 203 Å². The van der Waals surface area contributed by atoms with Crippen molar-refractivity contribution in [1.29, 1.82) is 0 Å². The smallest absolute Gasteiger partial charge is 0.261 e. The molecule has 0 saturated heterocycles. The van der Waals surface area contributed by atoms with E-state index in [1.165, 1.54) is 12.1 Å². The Morgan fingerprint density at radius 2 is 1.53 bits per heavy atom. The van der Waals surface area contributed by atoms with Crippen molar-refractivity contribution in [2.75, 3.05) is 4.72 Å². The third-order valence-electron chi connectivity index (χ3n) is 5.59. The van der Waals surface area contributed by atoms with Crippen molar-refractivity contribution in [1.82, 2.24) is 9.55 Å². The van der Waals surface area contributed by atoms with Crippen LogP contribution in [-0.2, 0) is 22.9 Å². The summed E-state index contributed by atoms with van der Waals surface area (Å²) in [5.74, 6) is 0.984. The first-order valence-corrected chi connectivity index (χ1v) is 12.7. The topological polar surface area (TPSA) is 64.0 Å². The molecule has 0 atom stereocenters. The molecule has 1 heterocycles. The Morgan fingerprint density at radius 3 is 2.29 bits per heavy atom. The second-order valence-electron chi connectivity index (χ2n) is 7.95. The predicted octanol–water partition coefficient (Wildman–Crippen LogP) is 6.26. The Morgan fingerprint density at radius 1 is 0.794 bits per heavy atom. The summed E-state index contributed by atoms with van der Waals surface area (Å²) in [4.78, 5) is 5.00. The molecule has 34 heavy (non-hydrogen) atoms. The molecule has 0 aliphatic carbocycles. The van der Waals surface area contributed by atoms with Crippen LogP contribution < -0.4 is 4.72 Å². The first-order valence-electron chi connectivity index (χ1n) is 10.9. The first-order chi connectivity index (χ1) is 16.5. The van der Waals surface area contributed by atoms with Crippen LogP contribution in [0, 0.1) is 0 Å². The molecule has 5 rings (SSSR count). The van der Waals surface area contributed by atoms with Crippen molar-refractivity contribution in [2.45, 2.75) is 17.7 Å². The fourth-order valence-corrected chi connectivity index (χ4v) is 5.31. The molecule has 0 saturated carbocycles. The van der Waals surface area contributed by atoms with Crippen LogP contribution in [-0.4, -0.2) is 18.0 Å². The van der Waals surface area contributed by atoms with Gasteiger partial charge in [0.15, 0.2) is 0 Å². The highest BCUT2D eigenvalue weighted by molar-refractivity contribution is 7.92. The number of fused-ring (bicyclic) bond motifs is 1. The van der Waals surface area contributed by atoms with Gasteiger partial charge in [0.05, 0.1) is 15.9 Å². The fourth-order valence-electron chi connectivity index (χ4n) is 3.95. The molecule has 170 valence electrons. The van der Waals surface area contributed by atoms with E-state index in [0.717, 1.165) is 41.0 Å². The van der Waals surface area contributed by atoms with Crippen LogP contribution in [0.4, 0.5) is 5.69 Å². The number of rotatable bonds is 7. The van der Waals surface area contributed by atoms with E-state index in [4.69, 9.17) is 16.6 Å². The van der Waals surface area contributed by atoms with Crippen LogP contribution in [0.15, 0.2) is 108 Å². The third-order valence-corrected chi connectivity index (χ3v) is 7.21. The number of imidazole rings is 1. The number of halogens is 1. The van der Waals surface area contributed by atoms with Gasteiger partial charge in [-0.15, -0.1) is 0 Å². The molecule has 5 nitrogen and oxygen atoms in total. The second kappa shape index (κ2) is 9.33. The molecular formula is C27H22ClN3O2S. The molecule has 0 amide bonds. The van der Waals surface area contributed by atoms with E-state index in [1.807, 2.05) is 48.5 Å². The van der Waals surface area contributed by atoms with Gasteiger partial charge in [0.25, 0.3) is 10.0 Å². The molecule has 0 bridgehead atoms. The van der Waals surface area contributed by atoms with Crippen LogP contribution in [0.1, 0.15) is 11.4 Å². The van der Waals surface area contributed by atoms with Gasteiger partial charge < -0.3 is 0 Å². The number of benzene rings is 4. The molecule has 0 aliphatic rings. The van der Waals surface area contributed by atoms with E-state index in [0.29, 0.717) is 10.7 Å². The Balaban J connectivity index is 1.34. The number of hydrogen-bond acceptors (Lipinski definition) is 3. The molecule has 0 aliphatic heterocycles. The number of hydrogen-bond donors (Lipinski definition) is 1. The highest BCUT2D eigenvalue weighted by atomic mass is 35.5. The lowest BCUT2D eigenvalue weighted by Crippen LogP contribution is -2.12. The SMILES string of the molecule is O=S(=O)(Nc1ccc(CCc2nc3ccccc3n2-c2ccccc2)cc1)c1cccc(Cl)c1. The molecule has 7 heteroatoms. The maximum absolute atomic E-state index is 12.6. The number of aromatic nitrogens is 2. The zero-order chi connectivity index (χ0) is 23.5. The largest absolute Gasteiger partial charge is 0.296 e. The number of aryl methyl sites for hydroxylation is 2. The quantitative estimate of drug-likeness (QED) is 0.294. The van der Waals surface area contributed by atoms with Gasteiger partial charge in [-0.05, 0) is 66.6 Å². The zero-order valence-corrected chi connectivity index (χ0v) is 19.8. The van der Waals surface area contributed by atoms with Gasteiger partial charge in [-0.3, -0.25) is 9.29 Å². The molecule has 4 aromatic carbocycles. The van der Waals surface area contributed by atoms with Gasteiger partial charge in [-0.25, -0.2) is 13.4 Å². The lowest BCUT2D eigenvalue weighted by molar-refractivity contribution is 0.601. The van der Waals surface area contributed by atoms with Crippen molar-refractivity contribution in [3.05, 3.63) is 120 Å². The third kappa shape index (κ3) is 4.69. The predicted molar refractivity (Wildman–Crippen MR) is 137 cm³/mol. The summed E-state index contributed by atoms with van der Waals surface area (Å²) in [6.07, 6.45) is 1.52. The fraction of sp³-hybridized carbons (Fsp3) is 0.0741. The van der Waals surface area contributed by atoms with E-state index in [9.17, 15) is 8.42 Å². The summed E-state index contributed by atoms with van der Waals surface area (Å²) in [5.41, 5.74) is 4.72. The summed E-state index contributed by atoms with van der Waals surface area (Å²) < 4.78 is 30.1. The average Bonchev–Trinajstić information content (AvgIpc) is 3.22. The highest BCUT2D eigenvalue weighted by Crippen LogP contribution is 2.23. The van der Waals surface area contributed by atoms with E-state index in [1.54, 1.807) is 24.3 Å². The Hall–Kier alpha value is -3.61. The number of anilines is 1. The summed E-state index contributed by atoms with van der Waals surface area (Å²) in [6, 6.07) is 32.0. The molecule has 0 unspecified atom stereocenters. The minimum Gasteiger partial charge on any atom is -0.296 e. The highest BCUT2D eigenvalue weighted by Gasteiger charge is 2.15. The Kier molecular flexibility index (Phi) is 6.09. The number of para-hydroxylation sites is 3. The van der Waals surface area contributed by atoms with Gasteiger partial charge in [-0.1, -0.05) is 60.1 Å². The normalized spacial score (nSPS) is 11.6. The standard InChI is InChI=1S/C27H22ClN3O2S/c28-21-7-6-10-24(19-21)34(32,33)30-22-16-13-20(14-17-22)15-18-27-29-25-11-4-5-12-26(25)31(27)23-8-2-1-3-9-23/h1-14,16-17,19,30H,15,18H2. The van der Waals surface area contributed by atoms with E-state index in [-0.39, 0.29) is 4.90 Å². The Bertz CT molecular complexity index is 1550. The van der Waals surface area contributed by atoms with Crippen LogP contribution in [0.2, 0.25) is 5.02 Å². The van der Waals surface area contributed by atoms with Crippen molar-refractivity contribution in [2.24, 2.45) is 0 Å². The molecule has 5 aromatic rings. The van der Waals surface area contributed by atoms with Crippen molar-refractivity contribution in [3.8, 4) is 5.69 Å². The van der Waals surface area contributed by atoms with Crippen molar-refractivity contribution < 1.29 is 8.42 Å². The second-order valence-corrected chi connectivity index (χ2v) is 10.1. The average molecular weight is 488 g/mol. The summed E-state index contributed by atoms with van der Waals surface area (Å²) >= 11 is 5.94. The lowest BCUT2D eigenvalue weighted by Gasteiger charge is -2.11. The van der Waals surface area contributed by atoms with Gasteiger partial charge in [0.1, 0.15) is 5.82 Å². The molecule has 1 aromatic heterocycles. The number of nitrogens with zero attached hydrogens (tertiary/aromatic N) is 2. The lowest BCUT2D eigenvalue weighted by atomic mass is 10.1. The van der Waals surface area contributed by atoms with E-state index >= 15 is 0 Å². The zero-order valence-electron chi connectivity index (χ0n) is 18.2. The van der Waals surface area contributed by atoms with Crippen LogP contribution in [0.3, 0.4) is 0 Å². The molecule has 1 N–H and O–H groups in total. The van der Waals surface area contributed by atoms with Gasteiger partial charge in [0.2, 0.25) is 0 Å². The number of sulfonamides is 1. The molecule has 0 spiro atoms. The van der Waals surface area contributed by atoms with Crippen LogP contribution >= 0.6 is 11.6 Å².